The molecule has 1 aliphatic carbocycles. The summed E-state index contributed by atoms with van der Waals surface area (Å²) in [5.74, 6) is 0.647. The highest BCUT2D eigenvalue weighted by molar-refractivity contribution is 6.18. The fourth-order valence-electron chi connectivity index (χ4n) is 1.87. The average Bonchev–Trinajstić information content (AvgIpc) is 3.24. The lowest BCUT2D eigenvalue weighted by Crippen LogP contribution is -2.15. The van der Waals surface area contributed by atoms with E-state index in [0.29, 0.717) is 24.4 Å². The van der Waals surface area contributed by atoms with Gasteiger partial charge in [-0.15, -0.1) is 11.6 Å². The highest BCUT2D eigenvalue weighted by Crippen LogP contribution is 2.31. The van der Waals surface area contributed by atoms with Crippen molar-refractivity contribution in [3.8, 4) is 0 Å². The second kappa shape index (κ2) is 6.75. The summed E-state index contributed by atoms with van der Waals surface area (Å²) in [5, 5.41) is 5.73. The standard InChI is InChI=1S/C15H19ClN2O2/c1-10-4-7-12(17-14(19)3-2-8-16)9-13(10)18-15(20)11-5-6-11/h4,7,9,11H,2-3,5-6,8H2,1H3,(H,17,19)(H,18,20). The quantitative estimate of drug-likeness (QED) is 0.791. The molecule has 20 heavy (non-hydrogen) atoms. The number of amides is 2. The molecule has 108 valence electrons. The van der Waals surface area contributed by atoms with Gasteiger partial charge in [0.05, 0.1) is 0 Å². The number of nitrogens with one attached hydrogen (secondary N) is 2. The first-order valence-corrected chi connectivity index (χ1v) is 7.41. The number of anilines is 2. The molecule has 0 aromatic heterocycles. The summed E-state index contributed by atoms with van der Waals surface area (Å²) >= 11 is 5.56. The molecule has 0 aliphatic heterocycles. The number of aryl methyl sites for hydroxylation is 1. The maximum Gasteiger partial charge on any atom is 0.227 e. The van der Waals surface area contributed by atoms with E-state index in [9.17, 15) is 9.59 Å². The Labute approximate surface area is 123 Å². The van der Waals surface area contributed by atoms with Crippen molar-refractivity contribution in [2.24, 2.45) is 5.92 Å². The van der Waals surface area contributed by atoms with E-state index < -0.39 is 0 Å². The van der Waals surface area contributed by atoms with Crippen LogP contribution >= 0.6 is 11.6 Å². The number of benzene rings is 1. The van der Waals surface area contributed by atoms with Crippen LogP contribution in [0.15, 0.2) is 18.2 Å². The Kier molecular flexibility index (Phi) is 5.01. The van der Waals surface area contributed by atoms with Crippen molar-refractivity contribution in [1.29, 1.82) is 0 Å². The smallest absolute Gasteiger partial charge is 0.227 e. The molecular weight excluding hydrogens is 276 g/mol. The molecule has 2 amide bonds. The average molecular weight is 295 g/mol. The maximum absolute atomic E-state index is 11.8. The molecule has 0 radical (unpaired) electrons. The lowest BCUT2D eigenvalue weighted by Gasteiger charge is -2.11. The van der Waals surface area contributed by atoms with Crippen molar-refractivity contribution in [3.05, 3.63) is 23.8 Å². The minimum atomic E-state index is -0.0611. The first-order valence-electron chi connectivity index (χ1n) is 6.87. The zero-order valence-electron chi connectivity index (χ0n) is 11.5. The Bertz CT molecular complexity index is 513. The van der Waals surface area contributed by atoms with Gasteiger partial charge < -0.3 is 10.6 Å². The Morgan fingerprint density at radius 1 is 1.30 bits per heavy atom. The lowest BCUT2D eigenvalue weighted by molar-refractivity contribution is -0.117. The summed E-state index contributed by atoms with van der Waals surface area (Å²) in [6.07, 6.45) is 3.01. The third-order valence-electron chi connectivity index (χ3n) is 3.26. The molecule has 1 aromatic carbocycles. The SMILES string of the molecule is Cc1ccc(NC(=O)CCCCl)cc1NC(=O)C1CC1. The summed E-state index contributed by atoms with van der Waals surface area (Å²) in [5.41, 5.74) is 2.44. The highest BCUT2D eigenvalue weighted by Gasteiger charge is 2.29. The van der Waals surface area contributed by atoms with E-state index in [1.54, 1.807) is 6.07 Å². The molecule has 1 saturated carbocycles. The molecule has 1 fully saturated rings. The largest absolute Gasteiger partial charge is 0.326 e. The van der Waals surface area contributed by atoms with Crippen LogP contribution in [0.4, 0.5) is 11.4 Å². The Morgan fingerprint density at radius 3 is 2.70 bits per heavy atom. The van der Waals surface area contributed by atoms with Crippen LogP contribution in [0.5, 0.6) is 0 Å². The van der Waals surface area contributed by atoms with Gasteiger partial charge in [0.25, 0.3) is 0 Å². The molecule has 1 aliphatic rings. The van der Waals surface area contributed by atoms with Gasteiger partial charge in [-0.25, -0.2) is 0 Å². The Hall–Kier alpha value is -1.55. The predicted molar refractivity (Wildman–Crippen MR) is 81.1 cm³/mol. The van der Waals surface area contributed by atoms with E-state index in [4.69, 9.17) is 11.6 Å². The van der Waals surface area contributed by atoms with Crippen molar-refractivity contribution < 1.29 is 9.59 Å². The third kappa shape index (κ3) is 4.23. The van der Waals surface area contributed by atoms with E-state index in [1.165, 1.54) is 0 Å². The third-order valence-corrected chi connectivity index (χ3v) is 3.53. The van der Waals surface area contributed by atoms with Crippen LogP contribution in [0.1, 0.15) is 31.2 Å². The maximum atomic E-state index is 11.8. The fraction of sp³-hybridized carbons (Fsp3) is 0.467. The van der Waals surface area contributed by atoms with Gasteiger partial charge in [0, 0.05) is 29.6 Å². The van der Waals surface area contributed by atoms with Gasteiger partial charge in [0.15, 0.2) is 0 Å². The van der Waals surface area contributed by atoms with Crippen LogP contribution in [0.25, 0.3) is 0 Å². The van der Waals surface area contributed by atoms with Crippen LogP contribution in [-0.4, -0.2) is 17.7 Å². The second-order valence-corrected chi connectivity index (χ2v) is 5.51. The second-order valence-electron chi connectivity index (χ2n) is 5.13. The van der Waals surface area contributed by atoms with Crippen molar-refractivity contribution in [1.82, 2.24) is 0 Å². The predicted octanol–water partition coefficient (Wildman–Crippen LogP) is 3.30. The molecule has 2 N–H and O–H groups in total. The van der Waals surface area contributed by atoms with Crippen LogP contribution in [-0.2, 0) is 9.59 Å². The number of hydrogen-bond acceptors (Lipinski definition) is 2. The van der Waals surface area contributed by atoms with Gasteiger partial charge >= 0.3 is 0 Å². The normalized spacial score (nSPS) is 13.9. The van der Waals surface area contributed by atoms with Crippen LogP contribution < -0.4 is 10.6 Å². The molecule has 0 spiro atoms. The molecule has 0 unspecified atom stereocenters. The molecule has 0 saturated heterocycles. The van der Waals surface area contributed by atoms with Gasteiger partial charge in [0.1, 0.15) is 0 Å². The molecule has 4 nitrogen and oxygen atoms in total. The molecule has 1 aromatic rings. The van der Waals surface area contributed by atoms with Crippen molar-refractivity contribution >= 4 is 34.8 Å². The van der Waals surface area contributed by atoms with Crippen molar-refractivity contribution in [2.45, 2.75) is 32.6 Å². The van der Waals surface area contributed by atoms with E-state index in [0.717, 1.165) is 24.1 Å². The number of halogens is 1. The molecular formula is C15H19ClN2O2. The van der Waals surface area contributed by atoms with E-state index in [-0.39, 0.29) is 17.7 Å². The summed E-state index contributed by atoms with van der Waals surface area (Å²) in [7, 11) is 0. The van der Waals surface area contributed by atoms with Crippen LogP contribution in [0, 0.1) is 12.8 Å². The minimum Gasteiger partial charge on any atom is -0.326 e. The van der Waals surface area contributed by atoms with Crippen molar-refractivity contribution in [2.75, 3.05) is 16.5 Å². The molecule has 0 atom stereocenters. The van der Waals surface area contributed by atoms with Gasteiger partial charge in [0.2, 0.25) is 11.8 Å². The zero-order chi connectivity index (χ0) is 14.5. The zero-order valence-corrected chi connectivity index (χ0v) is 12.3. The Balaban J connectivity index is 1.99. The highest BCUT2D eigenvalue weighted by atomic mass is 35.5. The molecule has 2 rings (SSSR count). The van der Waals surface area contributed by atoms with Crippen LogP contribution in [0.3, 0.4) is 0 Å². The molecule has 0 heterocycles. The molecule has 0 bridgehead atoms. The van der Waals surface area contributed by atoms with E-state index >= 15 is 0 Å². The fourth-order valence-corrected chi connectivity index (χ4v) is 2.00. The van der Waals surface area contributed by atoms with Crippen LogP contribution in [0.2, 0.25) is 0 Å². The first kappa shape index (κ1) is 14.9. The number of hydrogen-bond donors (Lipinski definition) is 2. The minimum absolute atomic E-state index is 0.0611. The topological polar surface area (TPSA) is 58.2 Å². The molecule has 5 heteroatoms. The monoisotopic (exact) mass is 294 g/mol. The van der Waals surface area contributed by atoms with Gasteiger partial charge in [-0.3, -0.25) is 9.59 Å². The van der Waals surface area contributed by atoms with Gasteiger partial charge in [-0.1, -0.05) is 6.07 Å². The van der Waals surface area contributed by atoms with Gasteiger partial charge in [-0.05, 0) is 43.9 Å². The summed E-state index contributed by atoms with van der Waals surface area (Å²) in [6.45, 7) is 1.93. The lowest BCUT2D eigenvalue weighted by atomic mass is 10.1. The van der Waals surface area contributed by atoms with Crippen molar-refractivity contribution in [3.63, 3.8) is 0 Å². The summed E-state index contributed by atoms with van der Waals surface area (Å²) in [4.78, 5) is 23.4. The number of carbonyl (C=O) groups excluding carboxylic acids is 2. The van der Waals surface area contributed by atoms with E-state index in [2.05, 4.69) is 10.6 Å². The Morgan fingerprint density at radius 2 is 2.05 bits per heavy atom. The number of carbonyl (C=O) groups is 2. The van der Waals surface area contributed by atoms with Gasteiger partial charge in [-0.2, -0.15) is 0 Å². The summed E-state index contributed by atoms with van der Waals surface area (Å²) < 4.78 is 0. The number of alkyl halides is 1. The first-order chi connectivity index (χ1) is 9.60. The van der Waals surface area contributed by atoms with E-state index in [1.807, 2.05) is 19.1 Å². The summed E-state index contributed by atoms with van der Waals surface area (Å²) in [6, 6.07) is 5.52. The number of rotatable bonds is 6.